The highest BCUT2D eigenvalue weighted by molar-refractivity contribution is 9.10. The Bertz CT molecular complexity index is 2150. The van der Waals surface area contributed by atoms with E-state index in [1.165, 1.54) is 41.0 Å². The first kappa shape index (κ1) is 38.5. The summed E-state index contributed by atoms with van der Waals surface area (Å²) in [6, 6.07) is 24.0. The molecule has 0 saturated heterocycles. The fourth-order valence-corrected chi connectivity index (χ4v) is 7.90. The van der Waals surface area contributed by atoms with Crippen molar-refractivity contribution in [1.29, 1.82) is 0 Å². The monoisotopic (exact) mass is 836 g/mol. The van der Waals surface area contributed by atoms with Crippen molar-refractivity contribution in [2.45, 2.75) is 51.2 Å². The third-order valence-electron chi connectivity index (χ3n) is 9.44. The van der Waals surface area contributed by atoms with E-state index in [0.717, 1.165) is 64.6 Å². The number of carbonyl (C=O) groups is 2. The maximum atomic E-state index is 11.0. The second-order valence-corrected chi connectivity index (χ2v) is 14.8. The predicted molar refractivity (Wildman–Crippen MR) is 212 cm³/mol. The van der Waals surface area contributed by atoms with Gasteiger partial charge >= 0.3 is 0 Å². The molecule has 0 aromatic heterocycles. The predicted octanol–water partition coefficient (Wildman–Crippen LogP) is 11.6. The SMILES string of the molecule is Cc1c(OCCCCl)cccc1-c1cccc2c1CC[C@@H]2Oc1cc(O)c(C=O)cc1Cl.O=Cc1cc(Cl)c(O[C@H]2CCc3c(Br)cccc32)cc1O. The van der Waals surface area contributed by atoms with Crippen LogP contribution >= 0.6 is 50.7 Å². The van der Waals surface area contributed by atoms with Crippen LogP contribution in [-0.2, 0) is 12.8 Å². The van der Waals surface area contributed by atoms with Crippen molar-refractivity contribution in [3.05, 3.63) is 132 Å². The number of carbonyl (C=O) groups excluding carboxylic acids is 2. The number of aldehydes is 2. The number of rotatable bonds is 11. The third-order valence-corrected chi connectivity index (χ3v) is 11.0. The van der Waals surface area contributed by atoms with Gasteiger partial charge in [-0.2, -0.15) is 0 Å². The van der Waals surface area contributed by atoms with Gasteiger partial charge in [0.15, 0.2) is 12.6 Å². The van der Waals surface area contributed by atoms with Crippen LogP contribution in [0.5, 0.6) is 28.7 Å². The minimum atomic E-state index is -0.188. The van der Waals surface area contributed by atoms with Gasteiger partial charge in [-0.1, -0.05) is 81.6 Å². The largest absolute Gasteiger partial charge is 0.507 e. The average molecular weight is 839 g/mol. The van der Waals surface area contributed by atoms with E-state index in [2.05, 4.69) is 41.1 Å². The summed E-state index contributed by atoms with van der Waals surface area (Å²) in [7, 11) is 0. The van der Waals surface area contributed by atoms with E-state index >= 15 is 0 Å². The molecule has 0 aliphatic heterocycles. The summed E-state index contributed by atoms with van der Waals surface area (Å²) in [6.45, 7) is 2.66. The van der Waals surface area contributed by atoms with Crippen LogP contribution in [0.2, 0.25) is 10.0 Å². The zero-order chi connectivity index (χ0) is 37.6. The molecule has 274 valence electrons. The molecule has 2 aliphatic carbocycles. The molecule has 0 radical (unpaired) electrons. The smallest absolute Gasteiger partial charge is 0.153 e. The Kier molecular flexibility index (Phi) is 12.6. The average Bonchev–Trinajstić information content (AvgIpc) is 3.77. The number of hydrogen-bond acceptors (Lipinski definition) is 7. The molecular formula is C42H36BrCl3O7. The van der Waals surface area contributed by atoms with Gasteiger partial charge in [-0.15, -0.1) is 11.6 Å². The first-order valence-corrected chi connectivity index (χ1v) is 19.2. The lowest BCUT2D eigenvalue weighted by Crippen LogP contribution is -2.04. The van der Waals surface area contributed by atoms with Crippen molar-refractivity contribution in [2.24, 2.45) is 0 Å². The molecule has 0 fully saturated rings. The standard InChI is InChI=1S/C26H24Cl2O4.C16H12BrClO3/c1-16-18(5-3-8-24(16)31-12-4-11-27)19-6-2-7-21-20(19)9-10-25(21)32-26-14-23(30)17(15-29)13-22(26)28;17-12-3-1-2-11-10(12)4-5-15(11)21-16-7-14(20)9(8-19)6-13(16)18/h2-3,5-8,13-15,25,30H,4,9-12H2,1H3;1-3,6-8,15,20H,4-5H2/t25-;15-/m00/s1. The number of fused-ring (bicyclic) bond motifs is 2. The van der Waals surface area contributed by atoms with Crippen LogP contribution in [-0.4, -0.2) is 35.3 Å². The molecule has 7 rings (SSSR count). The third kappa shape index (κ3) is 8.47. The molecular weight excluding hydrogens is 803 g/mol. The molecule has 2 atom stereocenters. The highest BCUT2D eigenvalue weighted by atomic mass is 79.9. The van der Waals surface area contributed by atoms with E-state index in [-0.39, 0.29) is 34.8 Å². The maximum absolute atomic E-state index is 11.0. The van der Waals surface area contributed by atoms with Crippen molar-refractivity contribution >= 4 is 63.3 Å². The topological polar surface area (TPSA) is 102 Å². The molecule has 7 nitrogen and oxygen atoms in total. The van der Waals surface area contributed by atoms with E-state index in [1.807, 2.05) is 36.4 Å². The van der Waals surface area contributed by atoms with Crippen LogP contribution in [0.4, 0.5) is 0 Å². The fourth-order valence-electron chi connectivity index (χ4n) is 6.78. The lowest BCUT2D eigenvalue weighted by atomic mass is 9.93. The van der Waals surface area contributed by atoms with Crippen molar-refractivity contribution < 1.29 is 34.0 Å². The Labute approximate surface area is 331 Å². The first-order chi connectivity index (χ1) is 25.6. The zero-order valence-electron chi connectivity index (χ0n) is 28.7. The van der Waals surface area contributed by atoms with E-state index in [1.54, 1.807) is 0 Å². The molecule has 0 bridgehead atoms. The molecule has 2 N–H and O–H groups in total. The minimum Gasteiger partial charge on any atom is -0.507 e. The van der Waals surface area contributed by atoms with E-state index < -0.39 is 0 Å². The van der Waals surface area contributed by atoms with Crippen LogP contribution < -0.4 is 14.2 Å². The molecule has 0 saturated carbocycles. The number of alkyl halides is 1. The number of aromatic hydroxyl groups is 2. The number of benzene rings is 5. The van der Waals surface area contributed by atoms with Gasteiger partial charge in [-0.3, -0.25) is 9.59 Å². The van der Waals surface area contributed by atoms with E-state index in [0.29, 0.717) is 46.6 Å². The fraction of sp³-hybridized carbons (Fsp3) is 0.238. The second-order valence-electron chi connectivity index (χ2n) is 12.7. The van der Waals surface area contributed by atoms with Crippen molar-refractivity contribution in [2.75, 3.05) is 12.5 Å². The second kappa shape index (κ2) is 17.3. The summed E-state index contributed by atoms with van der Waals surface area (Å²) in [5, 5.41) is 20.4. The van der Waals surface area contributed by atoms with Gasteiger partial charge in [-0.05, 0) is 102 Å². The molecule has 53 heavy (non-hydrogen) atoms. The lowest BCUT2D eigenvalue weighted by Gasteiger charge is -2.18. The summed E-state index contributed by atoms with van der Waals surface area (Å²) in [5.41, 5.74) is 8.40. The number of phenolic OH excluding ortho intramolecular Hbond substituents is 2. The highest BCUT2D eigenvalue weighted by Gasteiger charge is 2.29. The van der Waals surface area contributed by atoms with Gasteiger partial charge in [0.1, 0.15) is 41.0 Å². The molecule has 2 aliphatic rings. The Balaban J connectivity index is 0.000000198. The number of halogens is 4. The van der Waals surface area contributed by atoms with Gasteiger partial charge in [0.2, 0.25) is 0 Å². The number of hydrogen-bond donors (Lipinski definition) is 2. The Hall–Kier alpha value is -4.21. The van der Waals surface area contributed by atoms with Crippen LogP contribution in [0.3, 0.4) is 0 Å². The Morgan fingerprint density at radius 3 is 1.85 bits per heavy atom. The minimum absolute atomic E-state index is 0.100. The summed E-state index contributed by atoms with van der Waals surface area (Å²) >= 11 is 21.7. The molecule has 5 aromatic rings. The zero-order valence-corrected chi connectivity index (χ0v) is 32.6. The van der Waals surface area contributed by atoms with E-state index in [9.17, 15) is 19.8 Å². The van der Waals surface area contributed by atoms with Crippen LogP contribution in [0, 0.1) is 6.92 Å². The quantitative estimate of drug-likeness (QED) is 0.0776. The Morgan fingerprint density at radius 2 is 1.26 bits per heavy atom. The normalized spacial score (nSPS) is 15.5. The highest BCUT2D eigenvalue weighted by Crippen LogP contribution is 2.44. The van der Waals surface area contributed by atoms with Crippen molar-refractivity contribution in [1.82, 2.24) is 0 Å². The number of ether oxygens (including phenoxy) is 3. The van der Waals surface area contributed by atoms with Crippen LogP contribution in [0.25, 0.3) is 11.1 Å². The first-order valence-electron chi connectivity index (χ1n) is 17.1. The molecule has 11 heteroatoms. The number of phenols is 2. The van der Waals surface area contributed by atoms with Crippen LogP contribution in [0.15, 0.2) is 83.3 Å². The summed E-state index contributed by atoms with van der Waals surface area (Å²) in [5.74, 6) is 1.92. The van der Waals surface area contributed by atoms with Crippen molar-refractivity contribution in [3.63, 3.8) is 0 Å². The molecule has 0 spiro atoms. The maximum Gasteiger partial charge on any atom is 0.153 e. The van der Waals surface area contributed by atoms with Gasteiger partial charge in [0.25, 0.3) is 0 Å². The molecule has 0 unspecified atom stereocenters. The molecule has 0 amide bonds. The van der Waals surface area contributed by atoms with Crippen molar-refractivity contribution in [3.8, 4) is 39.9 Å². The van der Waals surface area contributed by atoms with Gasteiger partial charge in [0.05, 0.1) is 27.8 Å². The molecule has 0 heterocycles. The van der Waals surface area contributed by atoms with Gasteiger partial charge in [0, 0.05) is 22.5 Å². The van der Waals surface area contributed by atoms with Gasteiger partial charge < -0.3 is 24.4 Å². The Morgan fingerprint density at radius 1 is 0.736 bits per heavy atom. The van der Waals surface area contributed by atoms with Crippen LogP contribution in [0.1, 0.15) is 80.0 Å². The summed E-state index contributed by atoms with van der Waals surface area (Å²) in [6.07, 6.45) is 5.08. The molecule has 5 aromatic carbocycles. The lowest BCUT2D eigenvalue weighted by molar-refractivity contribution is 0.111. The summed E-state index contributed by atoms with van der Waals surface area (Å²) < 4.78 is 19.1. The van der Waals surface area contributed by atoms with E-state index in [4.69, 9.17) is 49.0 Å². The van der Waals surface area contributed by atoms with Gasteiger partial charge in [-0.25, -0.2) is 0 Å². The summed E-state index contributed by atoms with van der Waals surface area (Å²) in [4.78, 5) is 21.8.